The minimum Gasteiger partial charge on any atom is -0.497 e. The molecule has 1 aromatic carbocycles. The van der Waals surface area contributed by atoms with Gasteiger partial charge >= 0.3 is 0 Å². The molecule has 4 rings (SSSR count). The van der Waals surface area contributed by atoms with Gasteiger partial charge in [-0.2, -0.15) is 4.98 Å². The Bertz CT molecular complexity index is 1050. The molecule has 9 heteroatoms. The lowest BCUT2D eigenvalue weighted by Crippen LogP contribution is -2.32. The van der Waals surface area contributed by atoms with E-state index >= 15 is 0 Å². The fourth-order valence-electron chi connectivity index (χ4n) is 3.38. The largest absolute Gasteiger partial charge is 0.497 e. The Balaban J connectivity index is 1.52. The van der Waals surface area contributed by atoms with Gasteiger partial charge in [0.25, 0.3) is 0 Å². The maximum absolute atomic E-state index is 5.79. The second-order valence-corrected chi connectivity index (χ2v) is 7.27. The lowest BCUT2D eigenvalue weighted by atomic mass is 10.1. The van der Waals surface area contributed by atoms with Crippen molar-refractivity contribution in [2.45, 2.75) is 18.9 Å². The van der Waals surface area contributed by atoms with Crippen molar-refractivity contribution in [3.05, 3.63) is 48.7 Å². The van der Waals surface area contributed by atoms with Crippen LogP contribution in [0.2, 0.25) is 0 Å². The first-order valence-corrected chi connectivity index (χ1v) is 9.91. The van der Waals surface area contributed by atoms with E-state index in [9.17, 15) is 0 Å². The minimum absolute atomic E-state index is 0.317. The number of methoxy groups -OCH3 is 1. The van der Waals surface area contributed by atoms with Crippen molar-refractivity contribution >= 4 is 23.3 Å². The number of nitrogens with one attached hydrogen (secondary N) is 1. The van der Waals surface area contributed by atoms with Crippen molar-refractivity contribution in [2.24, 2.45) is 10.7 Å². The summed E-state index contributed by atoms with van der Waals surface area (Å²) in [6.45, 7) is 2.12. The van der Waals surface area contributed by atoms with E-state index < -0.39 is 0 Å². The Morgan fingerprint density at radius 2 is 2.00 bits per heavy atom. The molecule has 3 heterocycles. The topological polar surface area (TPSA) is 106 Å². The normalized spacial score (nSPS) is 16.4. The molecule has 0 atom stereocenters. The first kappa shape index (κ1) is 19.8. The van der Waals surface area contributed by atoms with Crippen molar-refractivity contribution in [3.8, 4) is 11.4 Å². The average Bonchev–Trinajstić information content (AvgIpc) is 3.21. The molecule has 156 valence electrons. The molecule has 1 aliphatic rings. The fraction of sp³-hybridized carbons (Fsp3) is 0.333. The number of piperidine rings is 1. The summed E-state index contributed by atoms with van der Waals surface area (Å²) in [7, 11) is 3.78. The molecular weight excluding hydrogens is 380 g/mol. The van der Waals surface area contributed by atoms with Gasteiger partial charge in [-0.1, -0.05) is 0 Å². The summed E-state index contributed by atoms with van der Waals surface area (Å²) in [5.74, 6) is 1.23. The van der Waals surface area contributed by atoms with Gasteiger partial charge in [0.2, 0.25) is 5.95 Å². The molecule has 0 radical (unpaired) electrons. The standard InChI is InChI=1S/C21H26N8O/c1-28-9-7-15(8-10-28)23-12-16(11-22)26-21-24-13-19-20(27-21)29(14-25-19)17-3-5-18(30-2)6-4-17/h3-6,11-15H,7-10,22H2,1-2H3,(H,24,26,27). The monoisotopic (exact) mass is 406 g/mol. The van der Waals surface area contributed by atoms with E-state index in [2.05, 4.69) is 37.2 Å². The van der Waals surface area contributed by atoms with E-state index in [1.165, 1.54) is 6.20 Å². The molecule has 0 saturated carbocycles. The van der Waals surface area contributed by atoms with Crippen LogP contribution in [-0.4, -0.2) is 63.9 Å². The fourth-order valence-corrected chi connectivity index (χ4v) is 3.38. The molecule has 1 fully saturated rings. The highest BCUT2D eigenvalue weighted by Gasteiger charge is 2.15. The number of hydrogen-bond donors (Lipinski definition) is 2. The van der Waals surface area contributed by atoms with Crippen LogP contribution >= 0.6 is 0 Å². The van der Waals surface area contributed by atoms with Gasteiger partial charge in [0.1, 0.15) is 17.6 Å². The number of hydrogen-bond acceptors (Lipinski definition) is 8. The molecule has 30 heavy (non-hydrogen) atoms. The van der Waals surface area contributed by atoms with Gasteiger partial charge in [-0.3, -0.25) is 9.56 Å². The molecule has 1 aliphatic heterocycles. The summed E-state index contributed by atoms with van der Waals surface area (Å²) < 4.78 is 7.13. The van der Waals surface area contributed by atoms with Gasteiger partial charge in [-0.15, -0.1) is 0 Å². The molecule has 0 spiro atoms. The zero-order valence-corrected chi connectivity index (χ0v) is 17.2. The molecule has 2 aromatic heterocycles. The van der Waals surface area contributed by atoms with Crippen LogP contribution in [-0.2, 0) is 0 Å². The second-order valence-electron chi connectivity index (χ2n) is 7.27. The molecule has 0 amide bonds. The van der Waals surface area contributed by atoms with Gasteiger partial charge in [-0.05, 0) is 57.2 Å². The number of aromatic nitrogens is 4. The quantitative estimate of drug-likeness (QED) is 0.605. The number of imidazole rings is 1. The first-order valence-electron chi connectivity index (χ1n) is 9.91. The lowest BCUT2D eigenvalue weighted by Gasteiger charge is -2.26. The summed E-state index contributed by atoms with van der Waals surface area (Å²) in [5.41, 5.74) is 8.78. The first-order chi connectivity index (χ1) is 14.7. The predicted octanol–water partition coefficient (Wildman–Crippen LogP) is 2.20. The number of nitrogens with two attached hydrogens (primary N) is 1. The van der Waals surface area contributed by atoms with E-state index in [1.807, 2.05) is 28.8 Å². The Hall–Kier alpha value is -3.46. The van der Waals surface area contributed by atoms with Crippen molar-refractivity contribution in [3.63, 3.8) is 0 Å². The Morgan fingerprint density at radius 3 is 2.70 bits per heavy atom. The third-order valence-electron chi connectivity index (χ3n) is 5.19. The van der Waals surface area contributed by atoms with Gasteiger partial charge < -0.3 is 20.7 Å². The number of nitrogens with zero attached hydrogens (tertiary/aromatic N) is 6. The van der Waals surface area contributed by atoms with E-state index in [4.69, 9.17) is 10.5 Å². The van der Waals surface area contributed by atoms with Gasteiger partial charge in [-0.25, -0.2) is 9.97 Å². The molecule has 9 nitrogen and oxygen atoms in total. The summed E-state index contributed by atoms with van der Waals surface area (Å²) in [6, 6.07) is 8.02. The van der Waals surface area contributed by atoms with Crippen molar-refractivity contribution < 1.29 is 4.74 Å². The second kappa shape index (κ2) is 8.91. The van der Waals surface area contributed by atoms with Crippen LogP contribution in [0, 0.1) is 0 Å². The van der Waals surface area contributed by atoms with E-state index in [0.717, 1.165) is 37.4 Å². The average molecular weight is 406 g/mol. The molecule has 3 aromatic rings. The number of aliphatic imine (C=N–C) groups is 1. The van der Waals surface area contributed by atoms with E-state index in [0.29, 0.717) is 28.9 Å². The predicted molar refractivity (Wildman–Crippen MR) is 118 cm³/mol. The highest BCUT2D eigenvalue weighted by Crippen LogP contribution is 2.20. The number of fused-ring (bicyclic) bond motifs is 1. The minimum atomic E-state index is 0.317. The van der Waals surface area contributed by atoms with Crippen molar-refractivity contribution in [1.29, 1.82) is 0 Å². The van der Waals surface area contributed by atoms with Crippen LogP contribution in [0.15, 0.2) is 53.7 Å². The maximum Gasteiger partial charge on any atom is 0.229 e. The third-order valence-corrected chi connectivity index (χ3v) is 5.19. The van der Waals surface area contributed by atoms with Gasteiger partial charge in [0.05, 0.1) is 25.0 Å². The van der Waals surface area contributed by atoms with Crippen LogP contribution in [0.25, 0.3) is 16.9 Å². The number of ether oxygens (including phenoxy) is 1. The van der Waals surface area contributed by atoms with Gasteiger partial charge in [0.15, 0.2) is 5.65 Å². The highest BCUT2D eigenvalue weighted by atomic mass is 16.5. The lowest BCUT2D eigenvalue weighted by molar-refractivity contribution is 0.257. The van der Waals surface area contributed by atoms with Crippen LogP contribution in [0.5, 0.6) is 5.75 Å². The molecule has 3 N–H and O–H groups in total. The molecular formula is C21H26N8O. The number of rotatable bonds is 6. The SMILES string of the molecule is COc1ccc(-n2cnc3cnc(NC(C=NC4CCN(C)CC4)=CN)nc32)cc1. The zero-order valence-electron chi connectivity index (χ0n) is 17.2. The van der Waals surface area contributed by atoms with Crippen molar-refractivity contribution in [2.75, 3.05) is 32.6 Å². The Labute approximate surface area is 175 Å². The molecule has 0 aliphatic carbocycles. The number of benzene rings is 1. The molecule has 0 bridgehead atoms. The Kier molecular flexibility index (Phi) is 5.89. The summed E-state index contributed by atoms with van der Waals surface area (Å²) >= 11 is 0. The summed E-state index contributed by atoms with van der Waals surface area (Å²) in [5, 5.41) is 3.15. The summed E-state index contributed by atoms with van der Waals surface area (Å²) in [6.07, 6.45) is 8.76. The highest BCUT2D eigenvalue weighted by molar-refractivity contribution is 5.83. The zero-order chi connectivity index (χ0) is 20.9. The van der Waals surface area contributed by atoms with E-state index in [1.54, 1.807) is 25.8 Å². The number of allylic oxidation sites excluding steroid dienone is 1. The van der Waals surface area contributed by atoms with Crippen LogP contribution in [0.4, 0.5) is 5.95 Å². The molecule has 1 saturated heterocycles. The van der Waals surface area contributed by atoms with Crippen LogP contribution in [0.3, 0.4) is 0 Å². The van der Waals surface area contributed by atoms with E-state index in [-0.39, 0.29) is 0 Å². The van der Waals surface area contributed by atoms with Crippen LogP contribution < -0.4 is 15.8 Å². The smallest absolute Gasteiger partial charge is 0.229 e. The third kappa shape index (κ3) is 4.41. The maximum atomic E-state index is 5.79. The van der Waals surface area contributed by atoms with Gasteiger partial charge in [0, 0.05) is 18.1 Å². The van der Waals surface area contributed by atoms with Crippen LogP contribution in [0.1, 0.15) is 12.8 Å². The van der Waals surface area contributed by atoms with Crippen molar-refractivity contribution in [1.82, 2.24) is 24.4 Å². The Morgan fingerprint density at radius 1 is 1.23 bits per heavy atom. The summed E-state index contributed by atoms with van der Waals surface area (Å²) in [4.78, 5) is 20.4. The number of anilines is 1. The molecule has 0 unspecified atom stereocenters. The number of likely N-dealkylation sites (tertiary alicyclic amines) is 1.